The van der Waals surface area contributed by atoms with Crippen LogP contribution in [0.3, 0.4) is 0 Å². The third kappa shape index (κ3) is 5.71. The zero-order chi connectivity index (χ0) is 16.7. The molecule has 2 N–H and O–H groups in total. The van der Waals surface area contributed by atoms with Crippen LogP contribution in [0.1, 0.15) is 23.2 Å². The molecule has 1 unspecified atom stereocenters. The van der Waals surface area contributed by atoms with Crippen molar-refractivity contribution in [3.8, 4) is 0 Å². The lowest BCUT2D eigenvalue weighted by Crippen LogP contribution is -2.40. The van der Waals surface area contributed by atoms with Gasteiger partial charge < -0.3 is 10.6 Å². The Morgan fingerprint density at radius 2 is 2.22 bits per heavy atom. The van der Waals surface area contributed by atoms with Crippen LogP contribution in [0.5, 0.6) is 0 Å². The largest absolute Gasteiger partial charge is 0.356 e. The van der Waals surface area contributed by atoms with Crippen molar-refractivity contribution >= 4 is 17.3 Å². The van der Waals surface area contributed by atoms with Crippen molar-refractivity contribution in [3.05, 3.63) is 39.8 Å². The first-order valence-corrected chi connectivity index (χ1v) is 8.94. The van der Waals surface area contributed by atoms with Gasteiger partial charge in [-0.25, -0.2) is 0 Å². The Balaban J connectivity index is 1.71. The highest BCUT2D eigenvalue weighted by molar-refractivity contribution is 7.09. The molecule has 126 valence electrons. The minimum Gasteiger partial charge on any atom is -0.356 e. The van der Waals surface area contributed by atoms with Crippen molar-refractivity contribution in [2.45, 2.75) is 33.7 Å². The summed E-state index contributed by atoms with van der Waals surface area (Å²) in [5.74, 6) is 1.34. The molecule has 0 aliphatic rings. The molecule has 0 amide bonds. The number of aryl methyl sites for hydroxylation is 2. The average molecular weight is 334 g/mol. The number of rotatable bonds is 7. The fraction of sp³-hybridized carbons (Fsp3) is 0.529. The quantitative estimate of drug-likeness (QED) is 0.605. The Bertz CT molecular complexity index is 615. The highest BCUT2D eigenvalue weighted by Crippen LogP contribution is 2.08. The van der Waals surface area contributed by atoms with Gasteiger partial charge in [0, 0.05) is 37.3 Å². The van der Waals surface area contributed by atoms with E-state index in [0.29, 0.717) is 5.92 Å². The van der Waals surface area contributed by atoms with Gasteiger partial charge >= 0.3 is 0 Å². The zero-order valence-corrected chi connectivity index (χ0v) is 15.3. The summed E-state index contributed by atoms with van der Waals surface area (Å²) in [7, 11) is 1.81. The molecule has 5 nitrogen and oxygen atoms in total. The Morgan fingerprint density at radius 1 is 1.39 bits per heavy atom. The molecule has 23 heavy (non-hydrogen) atoms. The SMILES string of the molecule is CN=C(NCCc1cccs1)NCC(C)Cn1nc(C)cc1C. The van der Waals surface area contributed by atoms with Crippen molar-refractivity contribution in [1.82, 2.24) is 20.4 Å². The van der Waals surface area contributed by atoms with Gasteiger partial charge in [0.2, 0.25) is 0 Å². The first kappa shape index (κ1) is 17.5. The van der Waals surface area contributed by atoms with E-state index in [9.17, 15) is 0 Å². The summed E-state index contributed by atoms with van der Waals surface area (Å²) >= 11 is 1.79. The van der Waals surface area contributed by atoms with Crippen LogP contribution < -0.4 is 10.6 Å². The molecule has 2 heterocycles. The molecule has 0 spiro atoms. The Morgan fingerprint density at radius 3 is 2.83 bits per heavy atom. The van der Waals surface area contributed by atoms with E-state index in [1.807, 2.05) is 14.0 Å². The molecule has 2 rings (SSSR count). The number of aromatic nitrogens is 2. The summed E-state index contributed by atoms with van der Waals surface area (Å²) in [5, 5.41) is 13.4. The molecule has 0 bridgehead atoms. The van der Waals surface area contributed by atoms with Crippen molar-refractivity contribution in [3.63, 3.8) is 0 Å². The predicted molar refractivity (Wildman–Crippen MR) is 98.3 cm³/mol. The van der Waals surface area contributed by atoms with Crippen LogP contribution in [0.2, 0.25) is 0 Å². The van der Waals surface area contributed by atoms with Gasteiger partial charge in [-0.05, 0) is 43.7 Å². The second kappa shape index (κ2) is 8.72. The van der Waals surface area contributed by atoms with Crippen molar-refractivity contribution in [2.24, 2.45) is 10.9 Å². The molecule has 2 aromatic rings. The van der Waals surface area contributed by atoms with E-state index in [-0.39, 0.29) is 0 Å². The lowest BCUT2D eigenvalue weighted by atomic mass is 10.2. The Hall–Kier alpha value is -1.82. The molecule has 0 saturated heterocycles. The second-order valence-electron chi connectivity index (χ2n) is 5.92. The molecule has 1 atom stereocenters. The van der Waals surface area contributed by atoms with Crippen LogP contribution in [-0.4, -0.2) is 35.9 Å². The van der Waals surface area contributed by atoms with E-state index in [1.54, 1.807) is 11.3 Å². The van der Waals surface area contributed by atoms with Gasteiger partial charge in [0.1, 0.15) is 0 Å². The predicted octanol–water partition coefficient (Wildman–Crippen LogP) is 2.61. The second-order valence-corrected chi connectivity index (χ2v) is 6.96. The monoisotopic (exact) mass is 333 g/mol. The van der Waals surface area contributed by atoms with E-state index < -0.39 is 0 Å². The van der Waals surface area contributed by atoms with Crippen molar-refractivity contribution < 1.29 is 0 Å². The summed E-state index contributed by atoms with van der Waals surface area (Å²) in [4.78, 5) is 5.68. The topological polar surface area (TPSA) is 54.2 Å². The van der Waals surface area contributed by atoms with E-state index >= 15 is 0 Å². The Kier molecular flexibility index (Phi) is 6.65. The molecule has 6 heteroatoms. The highest BCUT2D eigenvalue weighted by Gasteiger charge is 2.08. The van der Waals surface area contributed by atoms with E-state index in [4.69, 9.17) is 0 Å². The average Bonchev–Trinajstić information content (AvgIpc) is 3.13. The van der Waals surface area contributed by atoms with E-state index in [0.717, 1.165) is 37.7 Å². The van der Waals surface area contributed by atoms with Crippen LogP contribution in [0.25, 0.3) is 0 Å². The number of nitrogens with one attached hydrogen (secondary N) is 2. The van der Waals surface area contributed by atoms with Crippen LogP contribution in [-0.2, 0) is 13.0 Å². The molecule has 2 aromatic heterocycles. The summed E-state index contributed by atoms with van der Waals surface area (Å²) in [6.45, 7) is 9.04. The standard InChI is InChI=1S/C17H27N5S/c1-13(12-22-15(3)10-14(2)21-22)11-20-17(18-4)19-8-7-16-6-5-9-23-16/h5-6,9-10,13H,7-8,11-12H2,1-4H3,(H2,18,19,20). The number of hydrogen-bond acceptors (Lipinski definition) is 3. The number of nitrogens with zero attached hydrogens (tertiary/aromatic N) is 3. The maximum Gasteiger partial charge on any atom is 0.190 e. The van der Waals surface area contributed by atoms with Gasteiger partial charge in [-0.1, -0.05) is 13.0 Å². The number of hydrogen-bond donors (Lipinski definition) is 2. The molecule has 0 saturated carbocycles. The fourth-order valence-electron chi connectivity index (χ4n) is 2.47. The van der Waals surface area contributed by atoms with E-state index in [2.05, 4.69) is 62.8 Å². The molecule has 0 fully saturated rings. The molecule has 0 aliphatic heterocycles. The zero-order valence-electron chi connectivity index (χ0n) is 14.5. The molecule has 0 aromatic carbocycles. The molecule has 0 radical (unpaired) electrons. The van der Waals surface area contributed by atoms with E-state index in [1.165, 1.54) is 10.6 Å². The van der Waals surface area contributed by atoms with Gasteiger partial charge in [0.05, 0.1) is 5.69 Å². The third-order valence-corrected chi connectivity index (χ3v) is 4.61. The lowest BCUT2D eigenvalue weighted by Gasteiger charge is -2.16. The first-order valence-electron chi connectivity index (χ1n) is 8.06. The summed E-state index contributed by atoms with van der Waals surface area (Å²) in [6.07, 6.45) is 1.03. The van der Waals surface area contributed by atoms with Gasteiger partial charge in [-0.2, -0.15) is 5.10 Å². The number of thiophene rings is 1. The fourth-order valence-corrected chi connectivity index (χ4v) is 3.18. The van der Waals surface area contributed by atoms with Crippen molar-refractivity contribution in [1.29, 1.82) is 0 Å². The minimum atomic E-state index is 0.476. The lowest BCUT2D eigenvalue weighted by molar-refractivity contribution is 0.436. The maximum absolute atomic E-state index is 4.52. The Labute approximate surface area is 142 Å². The number of guanidine groups is 1. The van der Waals surface area contributed by atoms with Crippen LogP contribution >= 0.6 is 11.3 Å². The van der Waals surface area contributed by atoms with Crippen LogP contribution in [0.4, 0.5) is 0 Å². The summed E-state index contributed by atoms with van der Waals surface area (Å²) < 4.78 is 2.08. The summed E-state index contributed by atoms with van der Waals surface area (Å²) in [6, 6.07) is 6.37. The van der Waals surface area contributed by atoms with Gasteiger partial charge in [-0.3, -0.25) is 9.67 Å². The third-order valence-electron chi connectivity index (χ3n) is 3.67. The minimum absolute atomic E-state index is 0.476. The van der Waals surface area contributed by atoms with Crippen LogP contribution in [0.15, 0.2) is 28.6 Å². The first-order chi connectivity index (χ1) is 11.1. The summed E-state index contributed by atoms with van der Waals surface area (Å²) in [5.41, 5.74) is 2.29. The molecular formula is C17H27N5S. The van der Waals surface area contributed by atoms with Crippen molar-refractivity contribution in [2.75, 3.05) is 20.1 Å². The normalized spacial score (nSPS) is 13.1. The van der Waals surface area contributed by atoms with Gasteiger partial charge in [-0.15, -0.1) is 11.3 Å². The van der Waals surface area contributed by atoms with Crippen LogP contribution in [0, 0.1) is 19.8 Å². The smallest absolute Gasteiger partial charge is 0.190 e. The maximum atomic E-state index is 4.52. The van der Waals surface area contributed by atoms with Gasteiger partial charge in [0.25, 0.3) is 0 Å². The molecule has 0 aliphatic carbocycles. The molecular weight excluding hydrogens is 306 g/mol. The van der Waals surface area contributed by atoms with Gasteiger partial charge in [0.15, 0.2) is 5.96 Å². The highest BCUT2D eigenvalue weighted by atomic mass is 32.1. The number of aliphatic imine (C=N–C) groups is 1.